The average molecular weight is 357 g/mol. The highest BCUT2D eigenvalue weighted by Gasteiger charge is 2.11. The molecule has 2 aromatic heterocycles. The van der Waals surface area contributed by atoms with E-state index in [-0.39, 0.29) is 17.9 Å². The molecule has 1 aromatic carbocycles. The van der Waals surface area contributed by atoms with Crippen molar-refractivity contribution in [1.29, 1.82) is 0 Å². The fourth-order valence-corrected chi connectivity index (χ4v) is 3.12. The molecular weight excluding hydrogens is 338 g/mol. The Kier molecular flexibility index (Phi) is 5.45. The first-order valence-corrected chi connectivity index (χ1v) is 8.87. The van der Waals surface area contributed by atoms with Crippen LogP contribution in [0.2, 0.25) is 0 Å². The van der Waals surface area contributed by atoms with Crippen LogP contribution in [0.3, 0.4) is 0 Å². The van der Waals surface area contributed by atoms with E-state index < -0.39 is 0 Å². The molecular formula is C18H19N3O3S. The van der Waals surface area contributed by atoms with Crippen LogP contribution >= 0.6 is 11.3 Å². The fraction of sp³-hybridized carbons (Fsp3) is 0.278. The Balaban J connectivity index is 1.49. The number of amides is 1. The molecule has 0 bridgehead atoms. The van der Waals surface area contributed by atoms with Gasteiger partial charge in [-0.05, 0) is 23.6 Å². The lowest BCUT2D eigenvalue weighted by Crippen LogP contribution is -2.32. The van der Waals surface area contributed by atoms with E-state index in [1.54, 1.807) is 18.0 Å². The van der Waals surface area contributed by atoms with Gasteiger partial charge in [-0.3, -0.25) is 14.2 Å². The zero-order valence-electron chi connectivity index (χ0n) is 13.9. The highest BCUT2D eigenvalue weighted by Crippen LogP contribution is 2.13. The second-order valence-corrected chi connectivity index (χ2v) is 6.50. The zero-order chi connectivity index (χ0) is 17.6. The largest absolute Gasteiger partial charge is 0.492 e. The van der Waals surface area contributed by atoms with Crippen LogP contribution in [-0.4, -0.2) is 40.6 Å². The van der Waals surface area contributed by atoms with Gasteiger partial charge in [-0.25, -0.2) is 4.98 Å². The van der Waals surface area contributed by atoms with Crippen molar-refractivity contribution < 1.29 is 9.53 Å². The SMILES string of the molecule is CN(CCOc1ccccc1)C(=O)CCn1cnc2sccc2c1=O. The van der Waals surface area contributed by atoms with Gasteiger partial charge < -0.3 is 9.64 Å². The Hall–Kier alpha value is -2.67. The maximum Gasteiger partial charge on any atom is 0.262 e. The van der Waals surface area contributed by atoms with Crippen molar-refractivity contribution in [3.63, 3.8) is 0 Å². The van der Waals surface area contributed by atoms with Gasteiger partial charge in [-0.1, -0.05) is 18.2 Å². The van der Waals surface area contributed by atoms with Gasteiger partial charge in [0.05, 0.1) is 18.3 Å². The van der Waals surface area contributed by atoms with Gasteiger partial charge >= 0.3 is 0 Å². The average Bonchev–Trinajstić information content (AvgIpc) is 3.11. The standard InChI is InChI=1S/C18H19N3O3S/c1-20(10-11-24-14-5-3-2-4-6-14)16(22)7-9-21-13-19-17-15(18(21)23)8-12-25-17/h2-6,8,12-13H,7,9-11H2,1H3. The quantitative estimate of drug-likeness (QED) is 0.651. The minimum Gasteiger partial charge on any atom is -0.492 e. The van der Waals surface area contributed by atoms with E-state index in [4.69, 9.17) is 4.74 Å². The van der Waals surface area contributed by atoms with Gasteiger partial charge in [0.2, 0.25) is 5.91 Å². The number of hydrogen-bond donors (Lipinski definition) is 0. The summed E-state index contributed by atoms with van der Waals surface area (Å²) in [4.78, 5) is 31.1. The van der Waals surface area contributed by atoms with Gasteiger partial charge in [0.25, 0.3) is 5.56 Å². The number of benzene rings is 1. The molecule has 0 spiro atoms. The van der Waals surface area contributed by atoms with Gasteiger partial charge in [0.15, 0.2) is 0 Å². The van der Waals surface area contributed by atoms with Crippen LogP contribution in [0.1, 0.15) is 6.42 Å². The molecule has 0 aliphatic rings. The van der Waals surface area contributed by atoms with Crippen molar-refractivity contribution >= 4 is 27.5 Å². The number of para-hydroxylation sites is 1. The molecule has 0 aliphatic carbocycles. The highest BCUT2D eigenvalue weighted by atomic mass is 32.1. The predicted molar refractivity (Wildman–Crippen MR) is 98.1 cm³/mol. The number of carbonyl (C=O) groups excluding carboxylic acids is 1. The van der Waals surface area contributed by atoms with Crippen LogP contribution in [0.25, 0.3) is 10.2 Å². The van der Waals surface area contributed by atoms with Crippen LogP contribution in [0.4, 0.5) is 0 Å². The molecule has 7 heteroatoms. The highest BCUT2D eigenvalue weighted by molar-refractivity contribution is 7.16. The van der Waals surface area contributed by atoms with Crippen LogP contribution in [0, 0.1) is 0 Å². The maximum absolute atomic E-state index is 12.3. The fourth-order valence-electron chi connectivity index (χ4n) is 2.40. The molecule has 0 fully saturated rings. The second kappa shape index (κ2) is 7.94. The molecule has 0 unspecified atom stereocenters. The Morgan fingerprint density at radius 1 is 1.28 bits per heavy atom. The number of thiophene rings is 1. The monoisotopic (exact) mass is 357 g/mol. The minimum atomic E-state index is -0.103. The summed E-state index contributed by atoms with van der Waals surface area (Å²) in [6.07, 6.45) is 1.76. The van der Waals surface area contributed by atoms with E-state index >= 15 is 0 Å². The number of fused-ring (bicyclic) bond motifs is 1. The topological polar surface area (TPSA) is 64.4 Å². The Bertz CT molecular complexity index is 905. The number of aryl methyl sites for hydroxylation is 1. The van der Waals surface area contributed by atoms with Crippen molar-refractivity contribution in [2.45, 2.75) is 13.0 Å². The summed E-state index contributed by atoms with van der Waals surface area (Å²) < 4.78 is 7.08. The third kappa shape index (κ3) is 4.24. The molecule has 3 rings (SSSR count). The third-order valence-corrected chi connectivity index (χ3v) is 4.70. The summed E-state index contributed by atoms with van der Waals surface area (Å²) in [6, 6.07) is 11.2. The predicted octanol–water partition coefficient (Wildman–Crippen LogP) is 2.39. The van der Waals surface area contributed by atoms with Gasteiger partial charge in [0, 0.05) is 20.0 Å². The number of likely N-dealkylation sites (N-methyl/N-ethyl adjacent to an activating group) is 1. The Morgan fingerprint density at radius 2 is 2.08 bits per heavy atom. The smallest absolute Gasteiger partial charge is 0.262 e. The number of rotatable bonds is 7. The number of hydrogen-bond acceptors (Lipinski definition) is 5. The normalized spacial score (nSPS) is 10.8. The first-order valence-electron chi connectivity index (χ1n) is 7.99. The molecule has 3 aromatic rings. The third-order valence-electron chi connectivity index (χ3n) is 3.88. The van der Waals surface area contributed by atoms with Crippen molar-refractivity contribution in [3.8, 4) is 5.75 Å². The lowest BCUT2D eigenvalue weighted by atomic mass is 10.3. The molecule has 6 nitrogen and oxygen atoms in total. The van der Waals surface area contributed by atoms with Crippen LogP contribution in [0.5, 0.6) is 5.75 Å². The van der Waals surface area contributed by atoms with E-state index in [0.717, 1.165) is 10.6 Å². The molecule has 25 heavy (non-hydrogen) atoms. The molecule has 0 saturated carbocycles. The van der Waals surface area contributed by atoms with Crippen molar-refractivity contribution in [2.24, 2.45) is 0 Å². The van der Waals surface area contributed by atoms with E-state index in [1.807, 2.05) is 35.7 Å². The summed E-state index contributed by atoms with van der Waals surface area (Å²) in [6.45, 7) is 1.24. The lowest BCUT2D eigenvalue weighted by molar-refractivity contribution is -0.130. The van der Waals surface area contributed by atoms with Gasteiger partial charge in [-0.2, -0.15) is 0 Å². The molecule has 0 radical (unpaired) electrons. The molecule has 0 N–H and O–H groups in total. The molecule has 2 heterocycles. The first-order chi connectivity index (χ1) is 12.1. The molecule has 0 atom stereocenters. The Morgan fingerprint density at radius 3 is 2.88 bits per heavy atom. The number of nitrogens with zero attached hydrogens (tertiary/aromatic N) is 3. The van der Waals surface area contributed by atoms with Crippen LogP contribution < -0.4 is 10.3 Å². The summed E-state index contributed by atoms with van der Waals surface area (Å²) >= 11 is 1.43. The van der Waals surface area contributed by atoms with E-state index in [0.29, 0.717) is 25.1 Å². The number of ether oxygens (including phenoxy) is 1. The summed E-state index contributed by atoms with van der Waals surface area (Å²) in [5, 5.41) is 2.44. The van der Waals surface area contributed by atoms with Crippen LogP contribution in [-0.2, 0) is 11.3 Å². The lowest BCUT2D eigenvalue weighted by Gasteiger charge is -2.17. The molecule has 1 amide bonds. The van der Waals surface area contributed by atoms with Gasteiger partial charge in [0.1, 0.15) is 17.2 Å². The van der Waals surface area contributed by atoms with Crippen LogP contribution in [0.15, 0.2) is 52.9 Å². The van der Waals surface area contributed by atoms with Crippen molar-refractivity contribution in [3.05, 3.63) is 58.5 Å². The Labute approximate surface area is 149 Å². The van der Waals surface area contributed by atoms with Crippen molar-refractivity contribution in [2.75, 3.05) is 20.2 Å². The zero-order valence-corrected chi connectivity index (χ0v) is 14.7. The van der Waals surface area contributed by atoms with E-state index in [1.165, 1.54) is 22.2 Å². The van der Waals surface area contributed by atoms with E-state index in [2.05, 4.69) is 4.98 Å². The first kappa shape index (κ1) is 17.2. The second-order valence-electron chi connectivity index (χ2n) is 5.61. The van der Waals surface area contributed by atoms with E-state index in [9.17, 15) is 9.59 Å². The molecule has 0 saturated heterocycles. The maximum atomic E-state index is 12.3. The van der Waals surface area contributed by atoms with Crippen molar-refractivity contribution in [1.82, 2.24) is 14.5 Å². The van der Waals surface area contributed by atoms with Gasteiger partial charge in [-0.15, -0.1) is 11.3 Å². The summed E-state index contributed by atoms with van der Waals surface area (Å²) in [5.74, 6) is 0.749. The number of aromatic nitrogens is 2. The molecule has 0 aliphatic heterocycles. The summed E-state index contributed by atoms with van der Waals surface area (Å²) in [5.41, 5.74) is -0.103. The number of carbonyl (C=O) groups is 1. The summed E-state index contributed by atoms with van der Waals surface area (Å²) in [7, 11) is 1.74. The minimum absolute atomic E-state index is 0.0334. The molecule has 130 valence electrons.